The molecular weight excluding hydrogens is 316 g/mol. The molecule has 0 spiro atoms. The van der Waals surface area contributed by atoms with Crippen LogP contribution >= 0.6 is 0 Å². The van der Waals surface area contributed by atoms with E-state index in [4.69, 9.17) is 4.74 Å². The zero-order valence-corrected chi connectivity index (χ0v) is 14.2. The van der Waals surface area contributed by atoms with Crippen LogP contribution in [-0.2, 0) is 11.3 Å². The molecule has 6 nitrogen and oxygen atoms in total. The molecule has 0 saturated carbocycles. The second-order valence-corrected chi connectivity index (χ2v) is 6.05. The van der Waals surface area contributed by atoms with E-state index in [2.05, 4.69) is 15.4 Å². The summed E-state index contributed by atoms with van der Waals surface area (Å²) in [7, 11) is 0. The molecule has 1 N–H and O–H groups in total. The molecule has 0 aliphatic rings. The van der Waals surface area contributed by atoms with Crippen LogP contribution in [0.2, 0.25) is 0 Å². The first-order valence-corrected chi connectivity index (χ1v) is 8.03. The number of rotatable bonds is 6. The average molecular weight is 336 g/mol. The zero-order chi connectivity index (χ0) is 17.7. The molecule has 128 valence electrons. The standard InChI is InChI=1S/C19H20N4O2/c1-19(2,18(24)21-14-15-8-6-7-12-20-15)25-17-11-13-23(22-17)16-9-4-3-5-10-16/h3-13H,14H2,1-2H3,(H,21,24). The molecule has 2 heterocycles. The molecular formula is C19H20N4O2. The normalized spacial score (nSPS) is 11.1. The third-order valence-corrected chi connectivity index (χ3v) is 3.65. The summed E-state index contributed by atoms with van der Waals surface area (Å²) in [4.78, 5) is 16.6. The second kappa shape index (κ2) is 7.17. The van der Waals surface area contributed by atoms with Crippen molar-refractivity contribution in [2.24, 2.45) is 0 Å². The van der Waals surface area contributed by atoms with Gasteiger partial charge >= 0.3 is 0 Å². The van der Waals surface area contributed by atoms with Crippen LogP contribution in [0.4, 0.5) is 0 Å². The molecule has 3 rings (SSSR count). The molecule has 0 radical (unpaired) electrons. The predicted molar refractivity (Wildman–Crippen MR) is 94.4 cm³/mol. The first kappa shape index (κ1) is 16.7. The summed E-state index contributed by atoms with van der Waals surface area (Å²) in [5, 5.41) is 7.21. The first-order chi connectivity index (χ1) is 12.0. The second-order valence-electron chi connectivity index (χ2n) is 6.05. The lowest BCUT2D eigenvalue weighted by Gasteiger charge is -2.23. The van der Waals surface area contributed by atoms with Crippen molar-refractivity contribution in [3.63, 3.8) is 0 Å². The number of amides is 1. The van der Waals surface area contributed by atoms with Crippen molar-refractivity contribution < 1.29 is 9.53 Å². The van der Waals surface area contributed by atoms with Gasteiger partial charge in [-0.15, -0.1) is 5.10 Å². The molecule has 2 aromatic heterocycles. The highest BCUT2D eigenvalue weighted by molar-refractivity contribution is 5.84. The van der Waals surface area contributed by atoms with Gasteiger partial charge in [0.25, 0.3) is 5.91 Å². The molecule has 1 aromatic carbocycles. The van der Waals surface area contributed by atoms with Gasteiger partial charge in [-0.3, -0.25) is 9.78 Å². The number of carbonyl (C=O) groups is 1. The van der Waals surface area contributed by atoms with Gasteiger partial charge in [0, 0.05) is 18.5 Å². The monoisotopic (exact) mass is 336 g/mol. The predicted octanol–water partition coefficient (Wildman–Crippen LogP) is 2.74. The van der Waals surface area contributed by atoms with Crippen molar-refractivity contribution in [3.05, 3.63) is 72.7 Å². The van der Waals surface area contributed by atoms with Crippen LogP contribution in [-0.4, -0.2) is 26.3 Å². The number of hydrogen-bond donors (Lipinski definition) is 1. The van der Waals surface area contributed by atoms with Crippen LogP contribution in [0.5, 0.6) is 5.88 Å². The fourth-order valence-electron chi connectivity index (χ4n) is 2.28. The van der Waals surface area contributed by atoms with Gasteiger partial charge in [0.05, 0.1) is 17.9 Å². The van der Waals surface area contributed by atoms with Crippen LogP contribution in [0.15, 0.2) is 67.0 Å². The average Bonchev–Trinajstić information content (AvgIpc) is 3.09. The minimum absolute atomic E-state index is 0.229. The Hall–Kier alpha value is -3.15. The number of para-hydroxylation sites is 1. The van der Waals surface area contributed by atoms with E-state index in [1.165, 1.54) is 0 Å². The van der Waals surface area contributed by atoms with E-state index in [9.17, 15) is 4.79 Å². The zero-order valence-electron chi connectivity index (χ0n) is 14.2. The summed E-state index contributed by atoms with van der Waals surface area (Å²) in [6.07, 6.45) is 3.49. The van der Waals surface area contributed by atoms with Crippen molar-refractivity contribution in [1.29, 1.82) is 0 Å². The Bertz CT molecular complexity index is 829. The van der Waals surface area contributed by atoms with E-state index in [-0.39, 0.29) is 5.91 Å². The number of aromatic nitrogens is 3. The maximum absolute atomic E-state index is 12.4. The SMILES string of the molecule is CC(C)(Oc1ccn(-c2ccccc2)n1)C(=O)NCc1ccccn1. The molecule has 1 amide bonds. The molecule has 0 aliphatic heterocycles. The smallest absolute Gasteiger partial charge is 0.263 e. The number of ether oxygens (including phenoxy) is 1. The van der Waals surface area contributed by atoms with Gasteiger partial charge in [-0.25, -0.2) is 4.68 Å². The van der Waals surface area contributed by atoms with Crippen LogP contribution in [0.1, 0.15) is 19.5 Å². The molecule has 0 saturated heterocycles. The van der Waals surface area contributed by atoms with E-state index in [1.807, 2.05) is 48.5 Å². The van der Waals surface area contributed by atoms with Gasteiger partial charge in [0.1, 0.15) is 0 Å². The van der Waals surface area contributed by atoms with Crippen LogP contribution < -0.4 is 10.1 Å². The maximum atomic E-state index is 12.4. The van der Waals surface area contributed by atoms with Crippen molar-refractivity contribution in [3.8, 4) is 11.6 Å². The maximum Gasteiger partial charge on any atom is 0.263 e. The summed E-state index contributed by atoms with van der Waals surface area (Å²) < 4.78 is 7.50. The van der Waals surface area contributed by atoms with Gasteiger partial charge in [0.15, 0.2) is 5.60 Å². The molecule has 0 unspecified atom stereocenters. The Morgan fingerprint density at radius 3 is 2.60 bits per heavy atom. The van der Waals surface area contributed by atoms with Crippen LogP contribution in [0.3, 0.4) is 0 Å². The van der Waals surface area contributed by atoms with Gasteiger partial charge in [0.2, 0.25) is 5.88 Å². The van der Waals surface area contributed by atoms with Gasteiger partial charge < -0.3 is 10.1 Å². The third kappa shape index (κ3) is 4.23. The fraction of sp³-hybridized carbons (Fsp3) is 0.211. The van der Waals surface area contributed by atoms with Gasteiger partial charge in [-0.2, -0.15) is 0 Å². The van der Waals surface area contributed by atoms with Gasteiger partial charge in [-0.1, -0.05) is 24.3 Å². The largest absolute Gasteiger partial charge is 0.460 e. The molecule has 0 bridgehead atoms. The topological polar surface area (TPSA) is 69.0 Å². The minimum Gasteiger partial charge on any atom is -0.460 e. The number of hydrogen-bond acceptors (Lipinski definition) is 4. The molecule has 0 aliphatic carbocycles. The number of benzene rings is 1. The van der Waals surface area contributed by atoms with Crippen molar-refractivity contribution >= 4 is 5.91 Å². The third-order valence-electron chi connectivity index (χ3n) is 3.65. The van der Waals surface area contributed by atoms with E-state index in [0.717, 1.165) is 11.4 Å². The Balaban J connectivity index is 1.63. The summed E-state index contributed by atoms with van der Waals surface area (Å²) >= 11 is 0. The number of pyridine rings is 1. The molecule has 0 fully saturated rings. The van der Waals surface area contributed by atoms with E-state index < -0.39 is 5.60 Å². The Kier molecular flexibility index (Phi) is 4.79. The summed E-state index contributed by atoms with van der Waals surface area (Å²) in [5.41, 5.74) is 0.666. The Labute approximate surface area is 146 Å². The highest BCUT2D eigenvalue weighted by Gasteiger charge is 2.30. The van der Waals surface area contributed by atoms with E-state index in [1.54, 1.807) is 37.0 Å². The molecule has 6 heteroatoms. The Morgan fingerprint density at radius 1 is 1.12 bits per heavy atom. The first-order valence-electron chi connectivity index (χ1n) is 8.03. The summed E-state index contributed by atoms with van der Waals surface area (Å²) in [6.45, 7) is 3.77. The lowest BCUT2D eigenvalue weighted by molar-refractivity contribution is -0.134. The number of nitrogens with one attached hydrogen (secondary N) is 1. The van der Waals surface area contributed by atoms with Crippen LogP contribution in [0.25, 0.3) is 5.69 Å². The van der Waals surface area contributed by atoms with E-state index >= 15 is 0 Å². The van der Waals surface area contributed by atoms with Gasteiger partial charge in [-0.05, 0) is 38.1 Å². The minimum atomic E-state index is -1.05. The highest BCUT2D eigenvalue weighted by atomic mass is 16.5. The molecule has 25 heavy (non-hydrogen) atoms. The molecule has 3 aromatic rings. The summed E-state index contributed by atoms with van der Waals surface area (Å²) in [5.74, 6) is 0.161. The fourth-order valence-corrected chi connectivity index (χ4v) is 2.28. The molecule has 0 atom stereocenters. The van der Waals surface area contributed by atoms with Crippen molar-refractivity contribution in [1.82, 2.24) is 20.1 Å². The quantitative estimate of drug-likeness (QED) is 0.751. The number of nitrogens with zero attached hydrogens (tertiary/aromatic N) is 3. The highest BCUT2D eigenvalue weighted by Crippen LogP contribution is 2.18. The van der Waals surface area contributed by atoms with Crippen molar-refractivity contribution in [2.75, 3.05) is 0 Å². The van der Waals surface area contributed by atoms with Crippen LogP contribution in [0, 0.1) is 0 Å². The number of carbonyl (C=O) groups excluding carboxylic acids is 1. The van der Waals surface area contributed by atoms with E-state index in [0.29, 0.717) is 12.4 Å². The lowest BCUT2D eigenvalue weighted by Crippen LogP contribution is -2.46. The Morgan fingerprint density at radius 2 is 1.88 bits per heavy atom. The summed E-state index contributed by atoms with van der Waals surface area (Å²) in [6, 6.07) is 17.0. The lowest BCUT2D eigenvalue weighted by atomic mass is 10.1. The van der Waals surface area contributed by atoms with Crippen molar-refractivity contribution in [2.45, 2.75) is 26.0 Å².